The van der Waals surface area contributed by atoms with Gasteiger partial charge >= 0.3 is 0 Å². The normalized spacial score (nSPS) is 11.3. The number of aromatic hydroxyl groups is 1. The largest absolute Gasteiger partial charge is 0.504 e. The Morgan fingerprint density at radius 3 is 2.50 bits per heavy atom. The fourth-order valence-electron chi connectivity index (χ4n) is 1.26. The van der Waals surface area contributed by atoms with Crippen LogP contribution in [0.2, 0.25) is 10.2 Å². The summed E-state index contributed by atoms with van der Waals surface area (Å²) in [5.41, 5.74) is 0. The van der Waals surface area contributed by atoms with Crippen molar-refractivity contribution in [1.29, 1.82) is 0 Å². The second-order valence-corrected chi connectivity index (χ2v) is 6.06. The minimum Gasteiger partial charge on any atom is -0.504 e. The molecule has 2 rings (SSSR count). The summed E-state index contributed by atoms with van der Waals surface area (Å²) in [7, 11) is -4.09. The van der Waals surface area contributed by atoms with Crippen molar-refractivity contribution in [3.8, 4) is 5.75 Å². The zero-order chi connectivity index (χ0) is 14.9. The zero-order valence-corrected chi connectivity index (χ0v) is 11.8. The van der Waals surface area contributed by atoms with E-state index in [0.29, 0.717) is 0 Å². The number of aromatic nitrogens is 2. The molecule has 1 heterocycles. The van der Waals surface area contributed by atoms with Crippen LogP contribution in [0.4, 0.5) is 10.2 Å². The van der Waals surface area contributed by atoms with E-state index in [2.05, 4.69) is 10.2 Å². The summed E-state index contributed by atoms with van der Waals surface area (Å²) in [6.07, 6.45) is 0. The number of anilines is 1. The number of benzene rings is 1. The third-order valence-electron chi connectivity index (χ3n) is 2.18. The van der Waals surface area contributed by atoms with Crippen molar-refractivity contribution in [2.24, 2.45) is 0 Å². The van der Waals surface area contributed by atoms with E-state index in [1.54, 1.807) is 0 Å². The molecule has 0 unspecified atom stereocenters. The lowest BCUT2D eigenvalue weighted by molar-refractivity contribution is 0.473. The van der Waals surface area contributed by atoms with E-state index in [1.165, 1.54) is 0 Å². The SMILES string of the molecule is O=S(=O)(Nc1nnc(Cl)cc1O)c1ccc(F)c(Cl)c1. The van der Waals surface area contributed by atoms with Gasteiger partial charge in [0.25, 0.3) is 10.0 Å². The van der Waals surface area contributed by atoms with Gasteiger partial charge in [0.2, 0.25) is 5.82 Å². The van der Waals surface area contributed by atoms with Crippen molar-refractivity contribution in [2.75, 3.05) is 4.72 Å². The Kier molecular flexibility index (Phi) is 3.98. The maximum absolute atomic E-state index is 13.0. The third kappa shape index (κ3) is 3.09. The topological polar surface area (TPSA) is 92.2 Å². The Bertz CT molecular complexity index is 770. The quantitative estimate of drug-likeness (QED) is 0.897. The molecule has 0 amide bonds. The van der Waals surface area contributed by atoms with Crippen LogP contribution in [0.25, 0.3) is 0 Å². The molecule has 20 heavy (non-hydrogen) atoms. The summed E-state index contributed by atoms with van der Waals surface area (Å²) in [6.45, 7) is 0. The molecule has 0 saturated carbocycles. The maximum Gasteiger partial charge on any atom is 0.263 e. The Hall–Kier alpha value is -1.64. The highest BCUT2D eigenvalue weighted by Gasteiger charge is 2.19. The van der Waals surface area contributed by atoms with Gasteiger partial charge in [-0.2, -0.15) is 0 Å². The third-order valence-corrected chi connectivity index (χ3v) is 3.99. The Labute approximate surface area is 123 Å². The van der Waals surface area contributed by atoms with Gasteiger partial charge in [0.1, 0.15) is 5.82 Å². The van der Waals surface area contributed by atoms with Crippen molar-refractivity contribution < 1.29 is 17.9 Å². The number of halogens is 3. The fraction of sp³-hybridized carbons (Fsp3) is 0. The van der Waals surface area contributed by atoms with Crippen LogP contribution < -0.4 is 4.72 Å². The highest BCUT2D eigenvalue weighted by molar-refractivity contribution is 7.92. The molecular weight excluding hydrogens is 332 g/mol. The summed E-state index contributed by atoms with van der Waals surface area (Å²) < 4.78 is 39.0. The minimum atomic E-state index is -4.09. The number of nitrogens with one attached hydrogen (secondary N) is 1. The average Bonchev–Trinajstić information content (AvgIpc) is 2.36. The molecule has 0 radical (unpaired) electrons. The van der Waals surface area contributed by atoms with Crippen molar-refractivity contribution >= 4 is 39.0 Å². The van der Waals surface area contributed by atoms with Crippen molar-refractivity contribution in [2.45, 2.75) is 4.90 Å². The molecule has 0 fully saturated rings. The van der Waals surface area contributed by atoms with Crippen LogP contribution >= 0.6 is 23.2 Å². The molecular formula is C10H6Cl2FN3O3S. The zero-order valence-electron chi connectivity index (χ0n) is 9.51. The van der Waals surface area contributed by atoms with Gasteiger partial charge in [0.15, 0.2) is 10.9 Å². The molecule has 0 aliphatic rings. The van der Waals surface area contributed by atoms with E-state index in [9.17, 15) is 17.9 Å². The second kappa shape index (κ2) is 5.39. The van der Waals surface area contributed by atoms with E-state index < -0.39 is 27.4 Å². The van der Waals surface area contributed by atoms with Crippen molar-refractivity contribution in [1.82, 2.24) is 10.2 Å². The lowest BCUT2D eigenvalue weighted by Crippen LogP contribution is -2.14. The summed E-state index contributed by atoms with van der Waals surface area (Å²) in [5.74, 6) is -1.66. The van der Waals surface area contributed by atoms with Gasteiger partial charge in [-0.15, -0.1) is 10.2 Å². The number of sulfonamides is 1. The average molecular weight is 338 g/mol. The number of hydrogen-bond acceptors (Lipinski definition) is 5. The molecule has 2 N–H and O–H groups in total. The number of hydrogen-bond donors (Lipinski definition) is 2. The van der Waals surface area contributed by atoms with Gasteiger partial charge in [-0.25, -0.2) is 12.8 Å². The monoisotopic (exact) mass is 337 g/mol. The van der Waals surface area contributed by atoms with Crippen LogP contribution in [0.1, 0.15) is 0 Å². The second-order valence-electron chi connectivity index (χ2n) is 3.58. The molecule has 0 saturated heterocycles. The molecule has 0 atom stereocenters. The molecule has 10 heteroatoms. The van der Waals surface area contributed by atoms with E-state index >= 15 is 0 Å². The van der Waals surface area contributed by atoms with E-state index in [-0.39, 0.29) is 15.1 Å². The maximum atomic E-state index is 13.0. The molecule has 1 aromatic carbocycles. The Morgan fingerprint density at radius 1 is 1.20 bits per heavy atom. The van der Waals surface area contributed by atoms with Crippen molar-refractivity contribution in [3.63, 3.8) is 0 Å². The fourth-order valence-corrected chi connectivity index (χ4v) is 2.69. The first-order valence-corrected chi connectivity index (χ1v) is 7.23. The smallest absolute Gasteiger partial charge is 0.263 e. The first kappa shape index (κ1) is 14.8. The van der Waals surface area contributed by atoms with E-state index in [4.69, 9.17) is 23.2 Å². The highest BCUT2D eigenvalue weighted by Crippen LogP contribution is 2.26. The Morgan fingerprint density at radius 2 is 1.90 bits per heavy atom. The highest BCUT2D eigenvalue weighted by atomic mass is 35.5. The van der Waals surface area contributed by atoms with Gasteiger partial charge in [0, 0.05) is 6.07 Å². The molecule has 6 nitrogen and oxygen atoms in total. The first-order chi connectivity index (χ1) is 9.29. The van der Waals surface area contributed by atoms with Crippen LogP contribution in [0.5, 0.6) is 5.75 Å². The minimum absolute atomic E-state index is 0.102. The van der Waals surface area contributed by atoms with Gasteiger partial charge in [-0.3, -0.25) is 4.72 Å². The molecule has 0 aliphatic carbocycles. The van der Waals surface area contributed by atoms with Gasteiger partial charge in [0.05, 0.1) is 9.92 Å². The van der Waals surface area contributed by atoms with E-state index in [1.807, 2.05) is 4.72 Å². The van der Waals surface area contributed by atoms with Crippen molar-refractivity contribution in [3.05, 3.63) is 40.3 Å². The standard InChI is InChI=1S/C10H6Cl2FN3O3S/c11-6-3-5(1-2-7(6)13)20(18,19)16-10-8(17)4-9(12)14-15-10/h1-4H,(H,14,17)(H,15,16). The lowest BCUT2D eigenvalue weighted by atomic mass is 10.3. The van der Waals surface area contributed by atoms with E-state index in [0.717, 1.165) is 24.3 Å². The molecule has 0 spiro atoms. The summed E-state index contributed by atoms with van der Waals surface area (Å²) in [5, 5.41) is 15.8. The molecule has 106 valence electrons. The Balaban J connectivity index is 2.38. The van der Waals surface area contributed by atoms with Crippen LogP contribution in [-0.4, -0.2) is 23.7 Å². The van der Waals surface area contributed by atoms with Crippen LogP contribution in [0, 0.1) is 5.82 Å². The predicted molar refractivity (Wildman–Crippen MR) is 70.9 cm³/mol. The van der Waals surface area contributed by atoms with Crippen LogP contribution in [-0.2, 0) is 10.0 Å². The van der Waals surface area contributed by atoms with Gasteiger partial charge in [-0.1, -0.05) is 23.2 Å². The van der Waals surface area contributed by atoms with Crippen LogP contribution in [0.15, 0.2) is 29.2 Å². The molecule has 0 aliphatic heterocycles. The predicted octanol–water partition coefficient (Wildman–Crippen LogP) is 2.43. The van der Waals surface area contributed by atoms with Crippen LogP contribution in [0.3, 0.4) is 0 Å². The molecule has 2 aromatic rings. The molecule has 1 aromatic heterocycles. The summed E-state index contributed by atoms with van der Waals surface area (Å²) in [4.78, 5) is -0.292. The lowest BCUT2D eigenvalue weighted by Gasteiger charge is -2.08. The summed E-state index contributed by atoms with van der Waals surface area (Å²) in [6, 6.07) is 3.87. The first-order valence-electron chi connectivity index (χ1n) is 4.99. The van der Waals surface area contributed by atoms with Gasteiger partial charge in [-0.05, 0) is 18.2 Å². The number of rotatable bonds is 3. The summed E-state index contributed by atoms with van der Waals surface area (Å²) >= 11 is 11.0. The van der Waals surface area contributed by atoms with Gasteiger partial charge < -0.3 is 5.11 Å². The number of nitrogens with zero attached hydrogens (tertiary/aromatic N) is 2. The molecule has 0 bridgehead atoms.